The van der Waals surface area contributed by atoms with Crippen LogP contribution in [0.2, 0.25) is 0 Å². The van der Waals surface area contributed by atoms with Crippen LogP contribution in [0.25, 0.3) is 10.8 Å². The molecular weight excluding hydrogens is 258 g/mol. The van der Waals surface area contributed by atoms with E-state index in [2.05, 4.69) is 29.6 Å². The lowest BCUT2D eigenvalue weighted by atomic mass is 10.0. The van der Waals surface area contributed by atoms with Crippen LogP contribution in [0.15, 0.2) is 42.5 Å². The fraction of sp³-hybridized carbons (Fsp3) is 0.421. The first-order chi connectivity index (χ1) is 10.3. The number of benzene rings is 2. The Balaban J connectivity index is 1.50. The third kappa shape index (κ3) is 2.80. The van der Waals surface area contributed by atoms with E-state index in [0.717, 1.165) is 17.4 Å². The van der Waals surface area contributed by atoms with Crippen molar-refractivity contribution in [2.75, 3.05) is 0 Å². The van der Waals surface area contributed by atoms with E-state index in [-0.39, 0.29) is 5.91 Å². The van der Waals surface area contributed by atoms with Gasteiger partial charge in [-0.3, -0.25) is 4.79 Å². The van der Waals surface area contributed by atoms with Gasteiger partial charge in [0.2, 0.25) is 5.91 Å². The predicted molar refractivity (Wildman–Crippen MR) is 85.0 cm³/mol. The first kappa shape index (κ1) is 12.9. The van der Waals surface area contributed by atoms with Gasteiger partial charge in [0.15, 0.2) is 0 Å². The lowest BCUT2D eigenvalue weighted by Gasteiger charge is -2.18. The summed E-state index contributed by atoms with van der Waals surface area (Å²) in [5.41, 5.74) is 1.14. The van der Waals surface area contributed by atoms with Gasteiger partial charge in [0.05, 0.1) is 6.42 Å². The van der Waals surface area contributed by atoms with Crippen molar-refractivity contribution in [3.8, 4) is 0 Å². The molecule has 0 bridgehead atoms. The van der Waals surface area contributed by atoms with Crippen LogP contribution in [-0.2, 0) is 11.2 Å². The van der Waals surface area contributed by atoms with Crippen molar-refractivity contribution in [1.82, 2.24) is 5.32 Å². The largest absolute Gasteiger partial charge is 0.353 e. The maximum absolute atomic E-state index is 12.4. The second-order valence-electron chi connectivity index (χ2n) is 6.58. The molecule has 2 aromatic rings. The number of hydrogen-bond donors (Lipinski definition) is 1. The van der Waals surface area contributed by atoms with Crippen molar-refractivity contribution >= 4 is 16.7 Å². The van der Waals surface area contributed by atoms with Crippen LogP contribution in [0.4, 0.5) is 0 Å². The van der Waals surface area contributed by atoms with Gasteiger partial charge >= 0.3 is 0 Å². The van der Waals surface area contributed by atoms with E-state index in [1.807, 2.05) is 18.2 Å². The number of nitrogens with one attached hydrogen (secondary N) is 1. The second kappa shape index (κ2) is 5.18. The van der Waals surface area contributed by atoms with Crippen molar-refractivity contribution in [2.45, 2.75) is 38.1 Å². The third-order valence-corrected chi connectivity index (χ3v) is 4.82. The van der Waals surface area contributed by atoms with Crippen molar-refractivity contribution < 1.29 is 4.79 Å². The molecule has 1 N–H and O–H groups in total. The van der Waals surface area contributed by atoms with Crippen LogP contribution in [0.1, 0.15) is 31.2 Å². The topological polar surface area (TPSA) is 29.1 Å². The van der Waals surface area contributed by atoms with Crippen LogP contribution < -0.4 is 5.32 Å². The Hall–Kier alpha value is -1.83. The molecule has 0 aromatic heterocycles. The standard InChI is InChI=1S/C19H21NO/c21-18(20-19(14-8-9-14)15-10-11-15)12-16-6-3-5-13-4-1-2-7-17(13)16/h1-7,14-15,19H,8-12H2,(H,20,21). The predicted octanol–water partition coefficient (Wildman–Crippen LogP) is 3.69. The molecular formula is C19H21NO. The molecule has 0 spiro atoms. The molecule has 0 radical (unpaired) electrons. The van der Waals surface area contributed by atoms with Gasteiger partial charge < -0.3 is 5.32 Å². The Morgan fingerprint density at radius 2 is 1.67 bits per heavy atom. The Kier molecular flexibility index (Phi) is 3.17. The Bertz CT molecular complexity index is 653. The molecule has 4 rings (SSSR count). The molecule has 2 aromatic carbocycles. The average Bonchev–Trinajstić information content (AvgIpc) is 3.39. The monoisotopic (exact) mass is 279 g/mol. The molecule has 1 amide bonds. The molecule has 0 aliphatic heterocycles. The summed E-state index contributed by atoms with van der Waals surface area (Å²) in [4.78, 5) is 12.4. The summed E-state index contributed by atoms with van der Waals surface area (Å²) >= 11 is 0. The SMILES string of the molecule is O=C(Cc1cccc2ccccc12)NC(C1CC1)C1CC1. The summed E-state index contributed by atoms with van der Waals surface area (Å²) in [6.07, 6.45) is 5.70. The Morgan fingerprint density at radius 3 is 2.38 bits per heavy atom. The van der Waals surface area contributed by atoms with Crippen LogP contribution >= 0.6 is 0 Å². The summed E-state index contributed by atoms with van der Waals surface area (Å²) in [5, 5.41) is 5.73. The summed E-state index contributed by atoms with van der Waals surface area (Å²) in [6, 6.07) is 15.0. The maximum atomic E-state index is 12.4. The lowest BCUT2D eigenvalue weighted by molar-refractivity contribution is -0.121. The van der Waals surface area contributed by atoms with Gasteiger partial charge in [0.25, 0.3) is 0 Å². The minimum atomic E-state index is 0.190. The smallest absolute Gasteiger partial charge is 0.224 e. The zero-order valence-corrected chi connectivity index (χ0v) is 12.2. The van der Waals surface area contributed by atoms with E-state index in [1.54, 1.807) is 0 Å². The van der Waals surface area contributed by atoms with Crippen LogP contribution in [0, 0.1) is 11.8 Å². The minimum Gasteiger partial charge on any atom is -0.353 e. The Morgan fingerprint density at radius 1 is 1.00 bits per heavy atom. The van der Waals surface area contributed by atoms with Gasteiger partial charge in [0, 0.05) is 6.04 Å². The van der Waals surface area contributed by atoms with Crippen LogP contribution in [0.3, 0.4) is 0 Å². The fourth-order valence-electron chi connectivity index (χ4n) is 3.39. The molecule has 0 heterocycles. The maximum Gasteiger partial charge on any atom is 0.224 e. The van der Waals surface area contributed by atoms with Gasteiger partial charge in [-0.15, -0.1) is 0 Å². The van der Waals surface area contributed by atoms with Gasteiger partial charge in [-0.1, -0.05) is 42.5 Å². The van der Waals surface area contributed by atoms with E-state index in [9.17, 15) is 4.79 Å². The quantitative estimate of drug-likeness (QED) is 0.888. The van der Waals surface area contributed by atoms with Gasteiger partial charge in [0.1, 0.15) is 0 Å². The highest BCUT2D eigenvalue weighted by Gasteiger charge is 2.42. The average molecular weight is 279 g/mol. The lowest BCUT2D eigenvalue weighted by Crippen LogP contribution is -2.38. The number of fused-ring (bicyclic) bond motifs is 1. The summed E-state index contributed by atoms with van der Waals surface area (Å²) in [5.74, 6) is 1.71. The second-order valence-corrected chi connectivity index (χ2v) is 6.58. The highest BCUT2D eigenvalue weighted by atomic mass is 16.1. The van der Waals surface area contributed by atoms with Crippen LogP contribution in [0.5, 0.6) is 0 Å². The molecule has 2 saturated carbocycles. The molecule has 2 heteroatoms. The molecule has 2 aliphatic carbocycles. The van der Waals surface area contributed by atoms with E-state index >= 15 is 0 Å². The van der Waals surface area contributed by atoms with E-state index in [1.165, 1.54) is 36.5 Å². The molecule has 21 heavy (non-hydrogen) atoms. The molecule has 2 fully saturated rings. The molecule has 0 saturated heterocycles. The number of carbonyl (C=O) groups excluding carboxylic acids is 1. The molecule has 0 atom stereocenters. The van der Waals surface area contributed by atoms with E-state index < -0.39 is 0 Å². The molecule has 0 unspecified atom stereocenters. The third-order valence-electron chi connectivity index (χ3n) is 4.82. The fourth-order valence-corrected chi connectivity index (χ4v) is 3.39. The first-order valence-electron chi connectivity index (χ1n) is 8.07. The van der Waals surface area contributed by atoms with Crippen molar-refractivity contribution in [3.05, 3.63) is 48.0 Å². The molecule has 2 nitrogen and oxygen atoms in total. The zero-order chi connectivity index (χ0) is 14.2. The van der Waals surface area contributed by atoms with Crippen molar-refractivity contribution in [1.29, 1.82) is 0 Å². The summed E-state index contributed by atoms with van der Waals surface area (Å²) < 4.78 is 0. The van der Waals surface area contributed by atoms with Crippen LogP contribution in [-0.4, -0.2) is 11.9 Å². The number of carbonyl (C=O) groups is 1. The number of rotatable bonds is 5. The number of hydrogen-bond acceptors (Lipinski definition) is 1. The Labute approximate surface area is 125 Å². The van der Waals surface area contributed by atoms with Gasteiger partial charge in [-0.25, -0.2) is 0 Å². The summed E-state index contributed by atoms with van der Waals surface area (Å²) in [7, 11) is 0. The summed E-state index contributed by atoms with van der Waals surface area (Å²) in [6.45, 7) is 0. The minimum absolute atomic E-state index is 0.190. The van der Waals surface area contributed by atoms with Gasteiger partial charge in [-0.05, 0) is 53.9 Å². The highest BCUT2D eigenvalue weighted by molar-refractivity contribution is 5.90. The van der Waals surface area contributed by atoms with Crippen molar-refractivity contribution in [2.24, 2.45) is 11.8 Å². The normalized spacial score (nSPS) is 18.1. The molecule has 2 aliphatic rings. The highest BCUT2D eigenvalue weighted by Crippen LogP contribution is 2.44. The number of amides is 1. The van der Waals surface area contributed by atoms with Crippen molar-refractivity contribution in [3.63, 3.8) is 0 Å². The van der Waals surface area contributed by atoms with E-state index in [0.29, 0.717) is 12.5 Å². The van der Waals surface area contributed by atoms with E-state index in [4.69, 9.17) is 0 Å². The molecule has 108 valence electrons. The van der Waals surface area contributed by atoms with Gasteiger partial charge in [-0.2, -0.15) is 0 Å². The zero-order valence-electron chi connectivity index (χ0n) is 12.2. The first-order valence-corrected chi connectivity index (χ1v) is 8.07.